The zero-order valence-corrected chi connectivity index (χ0v) is 25.8. The van der Waals surface area contributed by atoms with Crippen LogP contribution in [0.1, 0.15) is 58.3 Å². The lowest BCUT2D eigenvalue weighted by atomic mass is 9.89. The van der Waals surface area contributed by atoms with Crippen molar-refractivity contribution in [1.82, 2.24) is 14.5 Å². The molecule has 3 heterocycles. The van der Waals surface area contributed by atoms with Crippen LogP contribution >= 0.6 is 13.5 Å². The third kappa shape index (κ3) is 6.64. The number of nitrogens with one attached hydrogen (secondary N) is 1. The van der Waals surface area contributed by atoms with E-state index in [0.717, 1.165) is 23.3 Å². The van der Waals surface area contributed by atoms with Gasteiger partial charge >= 0.3 is 6.18 Å². The maximum absolute atomic E-state index is 13.2. The average molecular weight is 654 g/mol. The lowest BCUT2D eigenvalue weighted by Crippen LogP contribution is -2.50. The highest BCUT2D eigenvalue weighted by atomic mass is 32.2. The van der Waals surface area contributed by atoms with Gasteiger partial charge in [0.05, 0.1) is 11.3 Å². The summed E-state index contributed by atoms with van der Waals surface area (Å²) in [5.41, 5.74) is 5.37. The number of carbonyl (C=O) groups excluding carboxylic acids is 3. The van der Waals surface area contributed by atoms with Gasteiger partial charge in [0.2, 0.25) is 15.9 Å². The normalized spacial score (nSPS) is 20.3. The summed E-state index contributed by atoms with van der Waals surface area (Å²) < 4.78 is 67.2. The molecule has 0 saturated carbocycles. The molecule has 15 heteroatoms. The standard InChI is InChI=1S/C29H32F3N5O5S.H2S/c1-18-16-21(26(39)37-12-3-6-23(37)24(33)38)8-7-19(18)9-15-43(41,42)36-13-10-28(11-14-36)27(40)34-25(35-28)20-4-2-5-22(17-20)29(30,31)32;/h2,4-5,7-8,16-17,23H,3,6,9-15H2,1H3,(H2,33,38)(H,34,35,40);1H2/t23-;/m0./s1. The topological polar surface area (TPSA) is 142 Å². The summed E-state index contributed by atoms with van der Waals surface area (Å²) in [6, 6.07) is 8.92. The van der Waals surface area contributed by atoms with Crippen LogP contribution in [0.15, 0.2) is 47.5 Å². The maximum Gasteiger partial charge on any atom is 0.416 e. The first-order chi connectivity index (χ1) is 20.2. The lowest BCUT2D eigenvalue weighted by Gasteiger charge is -2.34. The Labute approximate surface area is 260 Å². The Morgan fingerprint density at radius 1 is 1.11 bits per heavy atom. The van der Waals surface area contributed by atoms with E-state index in [9.17, 15) is 36.0 Å². The molecule has 44 heavy (non-hydrogen) atoms. The van der Waals surface area contributed by atoms with E-state index in [4.69, 9.17) is 5.73 Å². The predicted molar refractivity (Wildman–Crippen MR) is 162 cm³/mol. The van der Waals surface area contributed by atoms with E-state index in [-0.39, 0.29) is 68.9 Å². The zero-order chi connectivity index (χ0) is 31.2. The van der Waals surface area contributed by atoms with Crippen LogP contribution in [-0.4, -0.2) is 78.1 Å². The number of aryl methyl sites for hydroxylation is 2. The first-order valence-corrected chi connectivity index (χ1v) is 15.6. The van der Waals surface area contributed by atoms with Gasteiger partial charge in [-0.05, 0) is 74.4 Å². The Balaban J connectivity index is 0.00000442. The number of hydrogen-bond acceptors (Lipinski definition) is 6. The van der Waals surface area contributed by atoms with E-state index in [0.29, 0.717) is 24.9 Å². The SMILES string of the molecule is Cc1cc(C(=O)N2CCC[C@H]2C(N)=O)ccc1CCS(=O)(=O)N1CCC2(CC1)N=C(c1cccc(C(F)(F)F)c1)NC2=O.S. The quantitative estimate of drug-likeness (QED) is 0.473. The molecule has 0 unspecified atom stereocenters. The Morgan fingerprint density at radius 2 is 1.82 bits per heavy atom. The molecule has 0 radical (unpaired) electrons. The van der Waals surface area contributed by atoms with Gasteiger partial charge in [0.25, 0.3) is 11.8 Å². The molecule has 0 bridgehead atoms. The van der Waals surface area contributed by atoms with E-state index >= 15 is 0 Å². The molecule has 0 aliphatic carbocycles. The predicted octanol–water partition coefficient (Wildman–Crippen LogP) is 2.50. The number of piperidine rings is 1. The number of benzene rings is 2. The van der Waals surface area contributed by atoms with Gasteiger partial charge in [-0.1, -0.05) is 18.2 Å². The van der Waals surface area contributed by atoms with Crippen molar-refractivity contribution in [3.05, 3.63) is 70.3 Å². The van der Waals surface area contributed by atoms with E-state index in [1.807, 2.05) is 0 Å². The Hall–Kier alpha value is -3.43. The average Bonchev–Trinajstić information content (AvgIpc) is 3.57. The van der Waals surface area contributed by atoms with Gasteiger partial charge in [0.15, 0.2) is 0 Å². The van der Waals surface area contributed by atoms with Crippen molar-refractivity contribution >= 4 is 47.1 Å². The summed E-state index contributed by atoms with van der Waals surface area (Å²) >= 11 is 0. The van der Waals surface area contributed by atoms with Gasteiger partial charge in [-0.3, -0.25) is 19.4 Å². The molecule has 1 spiro atoms. The van der Waals surface area contributed by atoms with E-state index in [1.54, 1.807) is 25.1 Å². The van der Waals surface area contributed by atoms with Gasteiger partial charge in [0, 0.05) is 30.8 Å². The molecule has 2 fully saturated rings. The van der Waals surface area contributed by atoms with Gasteiger partial charge in [-0.2, -0.15) is 26.7 Å². The van der Waals surface area contributed by atoms with Crippen LogP contribution in [-0.2, 0) is 32.2 Å². The summed E-state index contributed by atoms with van der Waals surface area (Å²) in [6.45, 7) is 2.32. The monoisotopic (exact) mass is 653 g/mol. The van der Waals surface area contributed by atoms with Crippen molar-refractivity contribution < 1.29 is 36.0 Å². The van der Waals surface area contributed by atoms with E-state index in [2.05, 4.69) is 10.3 Å². The summed E-state index contributed by atoms with van der Waals surface area (Å²) in [7, 11) is -3.70. The highest BCUT2D eigenvalue weighted by Crippen LogP contribution is 2.34. The van der Waals surface area contributed by atoms with E-state index in [1.165, 1.54) is 21.3 Å². The third-order valence-corrected chi connectivity index (χ3v) is 10.3. The summed E-state index contributed by atoms with van der Waals surface area (Å²) in [4.78, 5) is 43.4. The molecule has 2 aromatic rings. The number of sulfonamides is 1. The largest absolute Gasteiger partial charge is 0.416 e. The lowest BCUT2D eigenvalue weighted by molar-refractivity contribution is -0.137. The number of nitrogens with zero attached hydrogens (tertiary/aromatic N) is 3. The molecule has 5 rings (SSSR count). The Morgan fingerprint density at radius 3 is 2.45 bits per heavy atom. The van der Waals surface area contributed by atoms with Gasteiger partial charge < -0.3 is 16.0 Å². The number of likely N-dealkylation sites (tertiary alicyclic amines) is 1. The number of primary amides is 1. The molecule has 3 amide bonds. The van der Waals surface area contributed by atoms with Crippen LogP contribution in [0.4, 0.5) is 13.2 Å². The first-order valence-electron chi connectivity index (χ1n) is 14.0. The van der Waals surface area contributed by atoms with Crippen LogP contribution in [0.3, 0.4) is 0 Å². The number of rotatable bonds is 7. The van der Waals surface area contributed by atoms with E-state index < -0.39 is 45.2 Å². The third-order valence-electron chi connectivity index (χ3n) is 8.45. The second-order valence-electron chi connectivity index (χ2n) is 11.2. The van der Waals surface area contributed by atoms with Crippen molar-refractivity contribution in [2.75, 3.05) is 25.4 Å². The fraction of sp³-hybridized carbons (Fsp3) is 0.448. The smallest absolute Gasteiger partial charge is 0.368 e. The van der Waals surface area contributed by atoms with Crippen LogP contribution in [0, 0.1) is 6.92 Å². The minimum absolute atomic E-state index is 0. The number of amidine groups is 1. The van der Waals surface area contributed by atoms with Gasteiger partial charge in [-0.15, -0.1) is 0 Å². The minimum atomic E-state index is -4.54. The highest BCUT2D eigenvalue weighted by molar-refractivity contribution is 7.89. The molecule has 0 aromatic heterocycles. The molecule has 2 saturated heterocycles. The van der Waals surface area contributed by atoms with Crippen molar-refractivity contribution in [2.45, 2.75) is 56.8 Å². The summed E-state index contributed by atoms with van der Waals surface area (Å²) in [6.07, 6.45) is -2.92. The molecule has 3 aliphatic heterocycles. The van der Waals surface area contributed by atoms with Gasteiger partial charge in [-0.25, -0.2) is 12.7 Å². The molecular weight excluding hydrogens is 619 g/mol. The molecule has 1 atom stereocenters. The second kappa shape index (κ2) is 12.5. The van der Waals surface area contributed by atoms with Crippen LogP contribution < -0.4 is 11.1 Å². The number of aliphatic imine (C=N–C) groups is 1. The molecule has 238 valence electrons. The fourth-order valence-corrected chi connectivity index (χ4v) is 7.39. The summed E-state index contributed by atoms with van der Waals surface area (Å²) in [5.74, 6) is -1.43. The molecule has 3 N–H and O–H groups in total. The van der Waals surface area contributed by atoms with Crippen LogP contribution in [0.25, 0.3) is 0 Å². The van der Waals surface area contributed by atoms with Crippen molar-refractivity contribution in [2.24, 2.45) is 10.7 Å². The number of hydrogen-bond donors (Lipinski definition) is 2. The Kier molecular flexibility index (Phi) is 9.52. The number of nitrogens with two attached hydrogens (primary N) is 1. The molecule has 10 nitrogen and oxygen atoms in total. The number of carbonyl (C=O) groups is 3. The fourth-order valence-electron chi connectivity index (χ4n) is 5.92. The highest BCUT2D eigenvalue weighted by Gasteiger charge is 2.47. The van der Waals surface area contributed by atoms with Crippen LogP contribution in [0.5, 0.6) is 0 Å². The molecular formula is C29H34F3N5O5S2. The minimum Gasteiger partial charge on any atom is -0.368 e. The number of alkyl halides is 3. The van der Waals surface area contributed by atoms with Gasteiger partial charge in [0.1, 0.15) is 17.4 Å². The van der Waals surface area contributed by atoms with Crippen molar-refractivity contribution in [1.29, 1.82) is 0 Å². The second-order valence-corrected chi connectivity index (χ2v) is 13.3. The molecule has 3 aliphatic rings. The Bertz CT molecular complexity index is 1600. The van der Waals surface area contributed by atoms with Crippen molar-refractivity contribution in [3.8, 4) is 0 Å². The molecule has 2 aromatic carbocycles. The number of halogens is 3. The summed E-state index contributed by atoms with van der Waals surface area (Å²) in [5, 5.41) is 2.58. The number of amides is 3. The zero-order valence-electron chi connectivity index (χ0n) is 24.0. The maximum atomic E-state index is 13.2. The first kappa shape index (κ1) is 33.5. The van der Waals surface area contributed by atoms with Crippen LogP contribution in [0.2, 0.25) is 0 Å². The van der Waals surface area contributed by atoms with Crippen molar-refractivity contribution in [3.63, 3.8) is 0 Å².